The van der Waals surface area contributed by atoms with Gasteiger partial charge in [-0.1, -0.05) is 33.1 Å². The van der Waals surface area contributed by atoms with Crippen LogP contribution in [-0.2, 0) is 0 Å². The van der Waals surface area contributed by atoms with Crippen LogP contribution in [0.3, 0.4) is 0 Å². The van der Waals surface area contributed by atoms with Gasteiger partial charge >= 0.3 is 5.97 Å². The standard InChI is InChI=1S/C16H26N2O2/c1-4-6-8-12(7-5-2)18-13-9-11(3)15(17)14(10-13)16(19)20/h9-10,12,18H,4-8,17H2,1-3H3,(H,19,20). The third-order valence-electron chi connectivity index (χ3n) is 3.53. The molecule has 0 spiro atoms. The zero-order valence-corrected chi connectivity index (χ0v) is 12.7. The van der Waals surface area contributed by atoms with Gasteiger partial charge in [-0.25, -0.2) is 4.79 Å². The maximum absolute atomic E-state index is 11.2. The van der Waals surface area contributed by atoms with E-state index in [0.717, 1.165) is 30.5 Å². The van der Waals surface area contributed by atoms with Crippen LogP contribution in [0.4, 0.5) is 11.4 Å². The molecule has 112 valence electrons. The van der Waals surface area contributed by atoms with Crippen molar-refractivity contribution in [3.05, 3.63) is 23.3 Å². The van der Waals surface area contributed by atoms with Crippen LogP contribution < -0.4 is 11.1 Å². The predicted molar refractivity (Wildman–Crippen MR) is 84.4 cm³/mol. The minimum atomic E-state index is -0.977. The summed E-state index contributed by atoms with van der Waals surface area (Å²) >= 11 is 0. The Kier molecular flexibility index (Phi) is 6.36. The van der Waals surface area contributed by atoms with Crippen LogP contribution in [0.1, 0.15) is 61.9 Å². The second-order valence-corrected chi connectivity index (χ2v) is 5.33. The van der Waals surface area contributed by atoms with Crippen LogP contribution in [0.5, 0.6) is 0 Å². The van der Waals surface area contributed by atoms with E-state index >= 15 is 0 Å². The van der Waals surface area contributed by atoms with Crippen molar-refractivity contribution < 1.29 is 9.90 Å². The zero-order valence-electron chi connectivity index (χ0n) is 12.7. The molecule has 0 aromatic heterocycles. The summed E-state index contributed by atoms with van der Waals surface area (Å²) in [6, 6.07) is 3.96. The monoisotopic (exact) mass is 278 g/mol. The number of aromatic carboxylic acids is 1. The molecule has 0 heterocycles. The molecule has 0 aliphatic rings. The minimum Gasteiger partial charge on any atom is -0.478 e. The van der Waals surface area contributed by atoms with Gasteiger partial charge in [0.25, 0.3) is 0 Å². The topological polar surface area (TPSA) is 75.3 Å². The molecule has 4 N–H and O–H groups in total. The molecule has 4 heteroatoms. The summed E-state index contributed by atoms with van der Waals surface area (Å²) in [5, 5.41) is 12.6. The summed E-state index contributed by atoms with van der Waals surface area (Å²) in [5.41, 5.74) is 8.00. The van der Waals surface area contributed by atoms with Crippen LogP contribution >= 0.6 is 0 Å². The van der Waals surface area contributed by atoms with E-state index in [9.17, 15) is 9.90 Å². The van der Waals surface area contributed by atoms with Crippen molar-refractivity contribution in [1.82, 2.24) is 0 Å². The number of nitrogens with one attached hydrogen (secondary N) is 1. The largest absolute Gasteiger partial charge is 0.478 e. The molecule has 0 bridgehead atoms. The highest BCUT2D eigenvalue weighted by Gasteiger charge is 2.14. The van der Waals surface area contributed by atoms with Crippen LogP contribution in [0.15, 0.2) is 12.1 Å². The molecule has 20 heavy (non-hydrogen) atoms. The lowest BCUT2D eigenvalue weighted by atomic mass is 10.0. The van der Waals surface area contributed by atoms with Crippen LogP contribution in [0.25, 0.3) is 0 Å². The number of carbonyl (C=O) groups is 1. The van der Waals surface area contributed by atoms with E-state index in [-0.39, 0.29) is 5.56 Å². The smallest absolute Gasteiger partial charge is 0.337 e. The Hall–Kier alpha value is -1.71. The second kappa shape index (κ2) is 7.78. The van der Waals surface area contributed by atoms with E-state index in [1.54, 1.807) is 6.07 Å². The summed E-state index contributed by atoms with van der Waals surface area (Å²) in [4.78, 5) is 11.2. The Morgan fingerprint density at radius 2 is 2.00 bits per heavy atom. The zero-order chi connectivity index (χ0) is 15.1. The lowest BCUT2D eigenvalue weighted by Gasteiger charge is -2.20. The number of unbranched alkanes of at least 4 members (excludes halogenated alkanes) is 1. The molecular formula is C16H26N2O2. The molecule has 0 saturated heterocycles. The fourth-order valence-corrected chi connectivity index (χ4v) is 2.38. The number of nitrogen functional groups attached to an aromatic ring is 1. The van der Waals surface area contributed by atoms with Gasteiger partial charge in [0.15, 0.2) is 0 Å². The normalized spacial score (nSPS) is 12.2. The van der Waals surface area contributed by atoms with E-state index < -0.39 is 5.97 Å². The summed E-state index contributed by atoms with van der Waals surface area (Å²) in [6.45, 7) is 6.18. The molecule has 4 nitrogen and oxygen atoms in total. The summed E-state index contributed by atoms with van der Waals surface area (Å²) in [5.74, 6) is -0.977. The average molecular weight is 278 g/mol. The number of benzene rings is 1. The number of rotatable bonds is 8. The predicted octanol–water partition coefficient (Wildman–Crippen LogP) is 4.05. The number of carboxylic acid groups (broad SMARTS) is 1. The second-order valence-electron chi connectivity index (χ2n) is 5.33. The average Bonchev–Trinajstić information content (AvgIpc) is 2.39. The number of anilines is 2. The Morgan fingerprint density at radius 1 is 1.30 bits per heavy atom. The van der Waals surface area contributed by atoms with Gasteiger partial charge < -0.3 is 16.2 Å². The maximum atomic E-state index is 11.2. The Balaban J connectivity index is 2.91. The molecule has 0 aliphatic heterocycles. The van der Waals surface area contributed by atoms with Gasteiger partial charge in [-0.2, -0.15) is 0 Å². The first-order valence-corrected chi connectivity index (χ1v) is 7.39. The number of hydrogen-bond acceptors (Lipinski definition) is 3. The molecule has 1 aromatic carbocycles. The van der Waals surface area contributed by atoms with Crippen molar-refractivity contribution in [3.8, 4) is 0 Å². The van der Waals surface area contributed by atoms with E-state index in [2.05, 4.69) is 19.2 Å². The Labute approximate surface area is 121 Å². The van der Waals surface area contributed by atoms with Gasteiger partial charge in [-0.15, -0.1) is 0 Å². The molecule has 1 aromatic rings. The summed E-state index contributed by atoms with van der Waals surface area (Å²) in [6.07, 6.45) is 5.66. The summed E-state index contributed by atoms with van der Waals surface area (Å²) in [7, 11) is 0. The highest BCUT2D eigenvalue weighted by atomic mass is 16.4. The first-order valence-electron chi connectivity index (χ1n) is 7.39. The molecule has 1 rings (SSSR count). The highest BCUT2D eigenvalue weighted by molar-refractivity contribution is 5.95. The number of aryl methyl sites for hydroxylation is 1. The molecule has 0 fully saturated rings. The molecule has 0 radical (unpaired) electrons. The SMILES string of the molecule is CCCCC(CCC)Nc1cc(C)c(N)c(C(=O)O)c1. The fourth-order valence-electron chi connectivity index (χ4n) is 2.38. The van der Waals surface area contributed by atoms with Gasteiger partial charge in [0.1, 0.15) is 0 Å². The van der Waals surface area contributed by atoms with Crippen molar-refractivity contribution >= 4 is 17.3 Å². The van der Waals surface area contributed by atoms with E-state index in [0.29, 0.717) is 11.7 Å². The van der Waals surface area contributed by atoms with Gasteiger partial charge in [0.05, 0.1) is 5.56 Å². The van der Waals surface area contributed by atoms with Crippen molar-refractivity contribution in [2.45, 2.75) is 58.9 Å². The lowest BCUT2D eigenvalue weighted by Crippen LogP contribution is -2.19. The third kappa shape index (κ3) is 4.44. The first-order chi connectivity index (χ1) is 9.49. The molecule has 1 unspecified atom stereocenters. The van der Waals surface area contributed by atoms with E-state index in [1.165, 1.54) is 12.8 Å². The third-order valence-corrected chi connectivity index (χ3v) is 3.53. The van der Waals surface area contributed by atoms with Crippen LogP contribution in [-0.4, -0.2) is 17.1 Å². The highest BCUT2D eigenvalue weighted by Crippen LogP contribution is 2.24. The molecule has 1 atom stereocenters. The van der Waals surface area contributed by atoms with Gasteiger partial charge in [0.2, 0.25) is 0 Å². The Bertz CT molecular complexity index is 458. The maximum Gasteiger partial charge on any atom is 0.337 e. The van der Waals surface area contributed by atoms with Gasteiger partial charge in [-0.3, -0.25) is 0 Å². The molecule has 0 amide bonds. The van der Waals surface area contributed by atoms with E-state index in [4.69, 9.17) is 5.73 Å². The van der Waals surface area contributed by atoms with Crippen molar-refractivity contribution in [3.63, 3.8) is 0 Å². The Morgan fingerprint density at radius 3 is 2.55 bits per heavy atom. The minimum absolute atomic E-state index is 0.179. The summed E-state index contributed by atoms with van der Waals surface area (Å²) < 4.78 is 0. The fraction of sp³-hybridized carbons (Fsp3) is 0.562. The van der Waals surface area contributed by atoms with Crippen molar-refractivity contribution in [2.24, 2.45) is 0 Å². The first kappa shape index (κ1) is 16.3. The van der Waals surface area contributed by atoms with Gasteiger partial charge in [0, 0.05) is 17.4 Å². The molecule has 0 saturated carbocycles. The van der Waals surface area contributed by atoms with Crippen LogP contribution in [0, 0.1) is 6.92 Å². The number of carboxylic acids is 1. The van der Waals surface area contributed by atoms with Crippen molar-refractivity contribution in [2.75, 3.05) is 11.1 Å². The van der Waals surface area contributed by atoms with Crippen molar-refractivity contribution in [1.29, 1.82) is 0 Å². The van der Waals surface area contributed by atoms with Crippen LogP contribution in [0.2, 0.25) is 0 Å². The number of nitrogens with two attached hydrogens (primary N) is 1. The van der Waals surface area contributed by atoms with Gasteiger partial charge in [-0.05, 0) is 37.5 Å². The quantitative estimate of drug-likeness (QED) is 0.627. The molecule has 0 aliphatic carbocycles. The molecular weight excluding hydrogens is 252 g/mol. The lowest BCUT2D eigenvalue weighted by molar-refractivity contribution is 0.0698. The number of hydrogen-bond donors (Lipinski definition) is 3. The van der Waals surface area contributed by atoms with E-state index in [1.807, 2.05) is 13.0 Å².